The molecule has 1 aliphatic heterocycles. The zero-order valence-electron chi connectivity index (χ0n) is 8.30. The van der Waals surface area contributed by atoms with Crippen molar-refractivity contribution in [2.75, 3.05) is 25.9 Å². The molecule has 1 fully saturated rings. The summed E-state index contributed by atoms with van der Waals surface area (Å²) in [5, 5.41) is 0. The third kappa shape index (κ3) is 3.19. The molecule has 0 aliphatic carbocycles. The number of thiol groups is 1. The molecule has 0 aromatic carbocycles. The van der Waals surface area contributed by atoms with Gasteiger partial charge >= 0.3 is 5.97 Å². The van der Waals surface area contributed by atoms with Crippen molar-refractivity contribution in [3.05, 3.63) is 0 Å². The number of likely N-dealkylation sites (tertiary alicyclic amines) is 1. The monoisotopic (exact) mass is 204 g/mol. The van der Waals surface area contributed by atoms with Crippen LogP contribution in [-0.4, -0.2) is 37.5 Å². The van der Waals surface area contributed by atoms with E-state index in [9.17, 15) is 4.79 Å². The lowest BCUT2D eigenvalue weighted by Crippen LogP contribution is -3.10. The first-order valence-electron chi connectivity index (χ1n) is 4.70. The van der Waals surface area contributed by atoms with E-state index in [1.165, 1.54) is 4.90 Å². The van der Waals surface area contributed by atoms with E-state index in [0.717, 1.165) is 25.9 Å². The second-order valence-electron chi connectivity index (χ2n) is 4.04. The van der Waals surface area contributed by atoms with Crippen LogP contribution >= 0.6 is 12.6 Å². The summed E-state index contributed by atoms with van der Waals surface area (Å²) in [6, 6.07) is 0. The molecule has 1 aliphatic rings. The van der Waals surface area contributed by atoms with Gasteiger partial charge in [-0.1, -0.05) is 0 Å². The number of esters is 1. The Hall–Kier alpha value is -0.220. The van der Waals surface area contributed by atoms with Crippen LogP contribution in [0.1, 0.15) is 19.8 Å². The van der Waals surface area contributed by atoms with Crippen molar-refractivity contribution in [2.24, 2.45) is 0 Å². The second-order valence-corrected chi connectivity index (χ2v) is 4.36. The van der Waals surface area contributed by atoms with Crippen molar-refractivity contribution in [3.8, 4) is 0 Å². The van der Waals surface area contributed by atoms with E-state index in [-0.39, 0.29) is 17.3 Å². The summed E-state index contributed by atoms with van der Waals surface area (Å²) in [7, 11) is 2.17. The van der Waals surface area contributed by atoms with Gasteiger partial charge < -0.3 is 9.64 Å². The molecule has 1 N–H and O–H groups in total. The Morgan fingerprint density at radius 2 is 2.08 bits per heavy atom. The number of piperidine rings is 1. The lowest BCUT2D eigenvalue weighted by atomic mass is 9.94. The number of ether oxygens (including phenoxy) is 1. The van der Waals surface area contributed by atoms with E-state index in [4.69, 9.17) is 4.74 Å². The van der Waals surface area contributed by atoms with Gasteiger partial charge in [0.25, 0.3) is 0 Å². The minimum absolute atomic E-state index is 0.179. The molecule has 1 heterocycles. The normalized spacial score (nSPS) is 34.2. The van der Waals surface area contributed by atoms with E-state index in [2.05, 4.69) is 19.7 Å². The maximum absolute atomic E-state index is 11.1. The minimum atomic E-state index is -0.237. The SMILES string of the molecule is C[NH+]1CCC(C)(OC(=O)CS)CC1. The predicted octanol–water partition coefficient (Wildman–Crippen LogP) is -0.473. The van der Waals surface area contributed by atoms with Crippen molar-refractivity contribution in [2.45, 2.75) is 25.4 Å². The molecule has 0 spiro atoms. The number of carbonyl (C=O) groups excluding carboxylic acids is 1. The van der Waals surface area contributed by atoms with Gasteiger partial charge in [-0.3, -0.25) is 4.79 Å². The molecular formula is C9H18NO2S+. The third-order valence-corrected chi connectivity index (χ3v) is 2.91. The first-order valence-corrected chi connectivity index (χ1v) is 5.33. The fourth-order valence-electron chi connectivity index (χ4n) is 1.61. The highest BCUT2D eigenvalue weighted by molar-refractivity contribution is 7.81. The van der Waals surface area contributed by atoms with Crippen LogP contribution < -0.4 is 4.90 Å². The molecule has 1 saturated heterocycles. The lowest BCUT2D eigenvalue weighted by Gasteiger charge is -2.35. The summed E-state index contributed by atoms with van der Waals surface area (Å²) < 4.78 is 5.35. The molecule has 0 atom stereocenters. The molecule has 1 rings (SSSR count). The maximum atomic E-state index is 11.1. The van der Waals surface area contributed by atoms with Gasteiger partial charge in [0.1, 0.15) is 5.60 Å². The van der Waals surface area contributed by atoms with Crippen LogP contribution in [0.5, 0.6) is 0 Å². The smallest absolute Gasteiger partial charge is 0.316 e. The molecule has 0 radical (unpaired) electrons. The van der Waals surface area contributed by atoms with Gasteiger partial charge in [0.05, 0.1) is 25.9 Å². The zero-order valence-corrected chi connectivity index (χ0v) is 9.19. The summed E-state index contributed by atoms with van der Waals surface area (Å²) in [4.78, 5) is 12.6. The van der Waals surface area contributed by atoms with Gasteiger partial charge in [0.2, 0.25) is 0 Å². The number of hydrogen-bond donors (Lipinski definition) is 2. The maximum Gasteiger partial charge on any atom is 0.316 e. The van der Waals surface area contributed by atoms with E-state index in [0.29, 0.717) is 0 Å². The second kappa shape index (κ2) is 4.33. The van der Waals surface area contributed by atoms with Crippen molar-refractivity contribution < 1.29 is 14.4 Å². The van der Waals surface area contributed by atoms with Crippen LogP contribution in [0.2, 0.25) is 0 Å². The Labute approximate surface area is 84.8 Å². The van der Waals surface area contributed by atoms with Crippen LogP contribution in [0.4, 0.5) is 0 Å². The molecule has 0 saturated carbocycles. The highest BCUT2D eigenvalue weighted by Gasteiger charge is 2.34. The topological polar surface area (TPSA) is 30.7 Å². The van der Waals surface area contributed by atoms with Gasteiger partial charge in [0, 0.05) is 12.8 Å². The molecule has 3 nitrogen and oxygen atoms in total. The van der Waals surface area contributed by atoms with E-state index >= 15 is 0 Å². The zero-order chi connectivity index (χ0) is 9.90. The number of nitrogens with one attached hydrogen (secondary N) is 1. The van der Waals surface area contributed by atoms with Crippen LogP contribution in [0.3, 0.4) is 0 Å². The van der Waals surface area contributed by atoms with E-state index in [1.807, 2.05) is 6.92 Å². The number of hydrogen-bond acceptors (Lipinski definition) is 3. The van der Waals surface area contributed by atoms with Gasteiger partial charge in [0.15, 0.2) is 0 Å². The van der Waals surface area contributed by atoms with Gasteiger partial charge in [-0.05, 0) is 6.92 Å². The molecule has 4 heteroatoms. The van der Waals surface area contributed by atoms with Crippen molar-refractivity contribution in [3.63, 3.8) is 0 Å². The van der Waals surface area contributed by atoms with Gasteiger partial charge in [-0.25, -0.2) is 0 Å². The summed E-state index contributed by atoms with van der Waals surface area (Å²) >= 11 is 3.89. The molecule has 0 unspecified atom stereocenters. The van der Waals surface area contributed by atoms with Crippen molar-refractivity contribution in [1.82, 2.24) is 0 Å². The first-order chi connectivity index (χ1) is 6.06. The molecule has 76 valence electrons. The molecule has 0 aromatic rings. The quantitative estimate of drug-likeness (QED) is 0.470. The average Bonchev–Trinajstić information content (AvgIpc) is 2.10. The van der Waals surface area contributed by atoms with E-state index < -0.39 is 0 Å². The Balaban J connectivity index is 2.43. The Kier molecular flexibility index (Phi) is 3.62. The average molecular weight is 204 g/mol. The Morgan fingerprint density at radius 1 is 1.54 bits per heavy atom. The highest BCUT2D eigenvalue weighted by Crippen LogP contribution is 2.20. The Morgan fingerprint density at radius 3 is 2.54 bits per heavy atom. The van der Waals surface area contributed by atoms with Crippen LogP contribution in [0.15, 0.2) is 0 Å². The largest absolute Gasteiger partial charge is 0.458 e. The molecule has 0 amide bonds. The standard InChI is InChI=1S/C9H17NO2S/c1-9(12-8(11)7-13)3-5-10(2)6-4-9/h13H,3-7H2,1-2H3/p+1. The highest BCUT2D eigenvalue weighted by atomic mass is 32.1. The molecular weight excluding hydrogens is 186 g/mol. The molecule has 0 aromatic heterocycles. The fourth-order valence-corrected chi connectivity index (χ4v) is 1.68. The third-order valence-electron chi connectivity index (χ3n) is 2.65. The molecule has 13 heavy (non-hydrogen) atoms. The van der Waals surface area contributed by atoms with Gasteiger partial charge in [-0.15, -0.1) is 0 Å². The Bertz CT molecular complexity index is 188. The first kappa shape index (κ1) is 10.9. The van der Waals surface area contributed by atoms with Crippen LogP contribution in [-0.2, 0) is 9.53 Å². The van der Waals surface area contributed by atoms with Crippen molar-refractivity contribution >= 4 is 18.6 Å². The lowest BCUT2D eigenvalue weighted by molar-refractivity contribution is -0.887. The van der Waals surface area contributed by atoms with Gasteiger partial charge in [-0.2, -0.15) is 12.6 Å². The summed E-state index contributed by atoms with van der Waals surface area (Å²) in [5.41, 5.74) is -0.237. The summed E-state index contributed by atoms with van der Waals surface area (Å²) in [5.74, 6) is -0.0245. The van der Waals surface area contributed by atoms with E-state index in [1.54, 1.807) is 0 Å². The van der Waals surface area contributed by atoms with Crippen LogP contribution in [0.25, 0.3) is 0 Å². The molecule has 0 bridgehead atoms. The number of carbonyl (C=O) groups is 1. The number of rotatable bonds is 2. The fraction of sp³-hybridized carbons (Fsp3) is 0.889. The number of quaternary nitrogens is 1. The van der Waals surface area contributed by atoms with Crippen LogP contribution in [0, 0.1) is 0 Å². The van der Waals surface area contributed by atoms with Crippen molar-refractivity contribution in [1.29, 1.82) is 0 Å². The minimum Gasteiger partial charge on any atom is -0.458 e. The summed E-state index contributed by atoms with van der Waals surface area (Å²) in [6.07, 6.45) is 1.91. The summed E-state index contributed by atoms with van der Waals surface area (Å²) in [6.45, 7) is 4.17. The predicted molar refractivity (Wildman–Crippen MR) is 54.2 cm³/mol.